The molecule has 0 saturated heterocycles. The van der Waals surface area contributed by atoms with E-state index >= 15 is 0 Å². The molecule has 0 radical (unpaired) electrons. The van der Waals surface area contributed by atoms with Gasteiger partial charge in [0.25, 0.3) is 0 Å². The average molecular weight is 223 g/mol. The Morgan fingerprint density at radius 1 is 1.50 bits per heavy atom. The van der Waals surface area contributed by atoms with Gasteiger partial charge in [0.05, 0.1) is 11.3 Å². The van der Waals surface area contributed by atoms with Crippen LogP contribution in [0.5, 0.6) is 5.75 Å². The van der Waals surface area contributed by atoms with Crippen molar-refractivity contribution in [1.82, 2.24) is 5.48 Å². The zero-order chi connectivity index (χ0) is 12.2. The molecule has 88 valence electrons. The maximum Gasteiger partial charge on any atom is 0.116 e. The van der Waals surface area contributed by atoms with E-state index in [2.05, 4.69) is 12.1 Å². The first kappa shape index (κ1) is 12.5. The number of aliphatic hydroxyl groups is 1. The molecule has 0 aromatic heterocycles. The molecule has 0 spiro atoms. The van der Waals surface area contributed by atoms with E-state index < -0.39 is 5.60 Å². The van der Waals surface area contributed by atoms with Gasteiger partial charge in [-0.1, -0.05) is 18.7 Å². The Balaban J connectivity index is 2.47. The fraction of sp³-hybridized carbons (Fsp3) is 0.333. The van der Waals surface area contributed by atoms with E-state index in [4.69, 9.17) is 4.84 Å². The third-order valence-corrected chi connectivity index (χ3v) is 1.82. The Kier molecular flexibility index (Phi) is 3.93. The molecule has 0 aliphatic carbocycles. The van der Waals surface area contributed by atoms with Crippen LogP contribution in [0.4, 0.5) is 0 Å². The predicted octanol–water partition coefficient (Wildman–Crippen LogP) is 1.65. The van der Waals surface area contributed by atoms with Gasteiger partial charge in [0.15, 0.2) is 0 Å². The highest BCUT2D eigenvalue weighted by Gasteiger charge is 2.12. The van der Waals surface area contributed by atoms with Gasteiger partial charge >= 0.3 is 0 Å². The smallest absolute Gasteiger partial charge is 0.116 e. The second-order valence-corrected chi connectivity index (χ2v) is 4.23. The molecule has 0 fully saturated rings. The quantitative estimate of drug-likeness (QED) is 0.664. The van der Waals surface area contributed by atoms with Crippen LogP contribution in [0.25, 0.3) is 5.70 Å². The Morgan fingerprint density at radius 2 is 2.19 bits per heavy atom. The van der Waals surface area contributed by atoms with Crippen LogP contribution in [0.15, 0.2) is 30.8 Å². The maximum atomic E-state index is 9.41. The van der Waals surface area contributed by atoms with Crippen LogP contribution in [0, 0.1) is 0 Å². The highest BCUT2D eigenvalue weighted by Crippen LogP contribution is 2.16. The number of phenols is 1. The fourth-order valence-corrected chi connectivity index (χ4v) is 1.05. The highest BCUT2D eigenvalue weighted by atomic mass is 16.6. The molecule has 0 unspecified atom stereocenters. The zero-order valence-corrected chi connectivity index (χ0v) is 9.53. The van der Waals surface area contributed by atoms with Gasteiger partial charge in [-0.25, -0.2) is 0 Å². The Bertz CT molecular complexity index is 369. The van der Waals surface area contributed by atoms with Crippen molar-refractivity contribution < 1.29 is 15.1 Å². The van der Waals surface area contributed by atoms with E-state index in [-0.39, 0.29) is 12.4 Å². The van der Waals surface area contributed by atoms with Gasteiger partial charge in [-0.2, -0.15) is 0 Å². The minimum atomic E-state index is -0.897. The van der Waals surface area contributed by atoms with E-state index in [1.54, 1.807) is 38.1 Å². The molecule has 1 rings (SSSR count). The first-order chi connectivity index (χ1) is 7.38. The first-order valence-corrected chi connectivity index (χ1v) is 4.97. The molecule has 0 atom stereocenters. The summed E-state index contributed by atoms with van der Waals surface area (Å²) in [6, 6.07) is 6.66. The van der Waals surface area contributed by atoms with E-state index in [1.807, 2.05) is 0 Å². The minimum absolute atomic E-state index is 0.144. The number of hydrogen-bond acceptors (Lipinski definition) is 4. The lowest BCUT2D eigenvalue weighted by Crippen LogP contribution is -2.29. The molecule has 4 nitrogen and oxygen atoms in total. The lowest BCUT2D eigenvalue weighted by atomic mass is 10.2. The fourth-order valence-electron chi connectivity index (χ4n) is 1.05. The summed E-state index contributed by atoms with van der Waals surface area (Å²) < 4.78 is 0. The maximum absolute atomic E-state index is 9.41. The van der Waals surface area contributed by atoms with Gasteiger partial charge in [0.1, 0.15) is 12.4 Å². The van der Waals surface area contributed by atoms with Gasteiger partial charge in [0.2, 0.25) is 0 Å². The van der Waals surface area contributed by atoms with Crippen molar-refractivity contribution in [2.75, 3.05) is 6.61 Å². The molecule has 0 amide bonds. The van der Waals surface area contributed by atoms with E-state index in [9.17, 15) is 10.2 Å². The zero-order valence-electron chi connectivity index (χ0n) is 9.53. The number of hydrogen-bond donors (Lipinski definition) is 3. The molecule has 0 aliphatic rings. The predicted molar refractivity (Wildman–Crippen MR) is 62.5 cm³/mol. The molecule has 0 saturated carbocycles. The lowest BCUT2D eigenvalue weighted by molar-refractivity contribution is -0.0447. The van der Waals surface area contributed by atoms with Crippen LogP contribution >= 0.6 is 0 Å². The second-order valence-electron chi connectivity index (χ2n) is 4.23. The normalized spacial score (nSPS) is 11.2. The summed E-state index contributed by atoms with van der Waals surface area (Å²) in [5, 5.41) is 18.7. The molecular weight excluding hydrogens is 206 g/mol. The highest BCUT2D eigenvalue weighted by molar-refractivity contribution is 5.61. The van der Waals surface area contributed by atoms with Gasteiger partial charge in [-0.3, -0.25) is 10.3 Å². The summed E-state index contributed by atoms with van der Waals surface area (Å²) in [6.07, 6.45) is 0. The van der Waals surface area contributed by atoms with Crippen molar-refractivity contribution >= 4 is 5.70 Å². The molecule has 1 aromatic rings. The summed E-state index contributed by atoms with van der Waals surface area (Å²) in [5.74, 6) is 0.169. The Hall–Kier alpha value is -1.52. The van der Waals surface area contributed by atoms with Gasteiger partial charge in [-0.05, 0) is 26.0 Å². The summed E-state index contributed by atoms with van der Waals surface area (Å²) in [4.78, 5) is 5.07. The largest absolute Gasteiger partial charge is 0.508 e. The van der Waals surface area contributed by atoms with Crippen LogP contribution in [-0.4, -0.2) is 22.4 Å². The van der Waals surface area contributed by atoms with Crippen molar-refractivity contribution in [3.63, 3.8) is 0 Å². The first-order valence-electron chi connectivity index (χ1n) is 4.97. The van der Waals surface area contributed by atoms with Crippen molar-refractivity contribution in [2.24, 2.45) is 0 Å². The van der Waals surface area contributed by atoms with E-state index in [0.29, 0.717) is 5.70 Å². The standard InChI is InChI=1S/C12H17NO3/c1-9(13-16-8-12(2,3)15)10-5-4-6-11(14)7-10/h4-7,13-15H,1,8H2,2-3H3. The van der Waals surface area contributed by atoms with Gasteiger partial charge in [-0.15, -0.1) is 0 Å². The molecule has 1 aromatic carbocycles. The van der Waals surface area contributed by atoms with Crippen LogP contribution in [0.1, 0.15) is 19.4 Å². The monoisotopic (exact) mass is 223 g/mol. The molecular formula is C12H17NO3. The number of hydroxylamine groups is 1. The lowest BCUT2D eigenvalue weighted by Gasteiger charge is -2.18. The SMILES string of the molecule is C=C(NOCC(C)(C)O)c1cccc(O)c1. The van der Waals surface area contributed by atoms with Crippen LogP contribution in [0.3, 0.4) is 0 Å². The summed E-state index contributed by atoms with van der Waals surface area (Å²) in [7, 11) is 0. The molecule has 0 bridgehead atoms. The van der Waals surface area contributed by atoms with Crippen molar-refractivity contribution in [3.8, 4) is 5.75 Å². The van der Waals surface area contributed by atoms with E-state index in [1.165, 1.54) is 0 Å². The third-order valence-electron chi connectivity index (χ3n) is 1.82. The summed E-state index contributed by atoms with van der Waals surface area (Å²) in [5.41, 5.74) is 2.98. The average Bonchev–Trinajstić information content (AvgIpc) is 2.15. The van der Waals surface area contributed by atoms with Crippen LogP contribution in [0.2, 0.25) is 0 Å². The topological polar surface area (TPSA) is 61.7 Å². The Morgan fingerprint density at radius 3 is 2.75 bits per heavy atom. The minimum Gasteiger partial charge on any atom is -0.508 e. The molecule has 0 heterocycles. The molecule has 16 heavy (non-hydrogen) atoms. The van der Waals surface area contributed by atoms with Crippen molar-refractivity contribution in [1.29, 1.82) is 0 Å². The van der Waals surface area contributed by atoms with Crippen LogP contribution < -0.4 is 5.48 Å². The molecule has 3 N–H and O–H groups in total. The van der Waals surface area contributed by atoms with Crippen molar-refractivity contribution in [2.45, 2.75) is 19.4 Å². The number of nitrogens with one attached hydrogen (secondary N) is 1. The summed E-state index contributed by atoms with van der Waals surface area (Å²) in [6.45, 7) is 7.19. The molecule has 0 aliphatic heterocycles. The number of phenolic OH excluding ortho intramolecular Hbond substituents is 1. The number of aromatic hydroxyl groups is 1. The number of benzene rings is 1. The van der Waals surface area contributed by atoms with E-state index in [0.717, 1.165) is 5.56 Å². The Labute approximate surface area is 95.1 Å². The van der Waals surface area contributed by atoms with Crippen LogP contribution in [-0.2, 0) is 4.84 Å². The van der Waals surface area contributed by atoms with Gasteiger partial charge < -0.3 is 10.2 Å². The van der Waals surface area contributed by atoms with Gasteiger partial charge in [0, 0.05) is 5.56 Å². The molecule has 4 heteroatoms. The number of rotatable bonds is 5. The second kappa shape index (κ2) is 5.01. The van der Waals surface area contributed by atoms with Crippen molar-refractivity contribution in [3.05, 3.63) is 36.4 Å². The summed E-state index contributed by atoms with van der Waals surface area (Å²) >= 11 is 0. The third kappa shape index (κ3) is 4.33.